The molecule has 8 nitrogen and oxygen atoms in total. The molecule has 8 heteroatoms. The Hall–Kier alpha value is -3.08. The summed E-state index contributed by atoms with van der Waals surface area (Å²) in [5.74, 6) is -1.28. The minimum Gasteiger partial charge on any atom is -0.452 e. The Kier molecular flexibility index (Phi) is 8.45. The van der Waals surface area contributed by atoms with Crippen LogP contribution in [0.4, 0.5) is 4.79 Å². The summed E-state index contributed by atoms with van der Waals surface area (Å²) in [5.41, 5.74) is 0.0741. The Labute approximate surface area is 165 Å². The van der Waals surface area contributed by atoms with Crippen molar-refractivity contribution in [3.63, 3.8) is 0 Å². The first-order valence-corrected chi connectivity index (χ1v) is 9.10. The van der Waals surface area contributed by atoms with Crippen LogP contribution in [0.25, 0.3) is 0 Å². The number of rotatable bonds is 8. The van der Waals surface area contributed by atoms with Gasteiger partial charge >= 0.3 is 12.0 Å². The summed E-state index contributed by atoms with van der Waals surface area (Å²) in [7, 11) is 0. The lowest BCUT2D eigenvalue weighted by Crippen LogP contribution is -2.50. The molecule has 0 saturated carbocycles. The summed E-state index contributed by atoms with van der Waals surface area (Å²) < 4.78 is 5.00. The molecule has 152 valence electrons. The Morgan fingerprint density at radius 1 is 1.14 bits per heavy atom. The number of hydrogen-bond acceptors (Lipinski definition) is 5. The maximum Gasteiger partial charge on any atom is 0.338 e. The first kappa shape index (κ1) is 23.0. The van der Waals surface area contributed by atoms with E-state index in [4.69, 9.17) is 4.74 Å². The van der Waals surface area contributed by atoms with Crippen LogP contribution >= 0.6 is 0 Å². The van der Waals surface area contributed by atoms with E-state index in [-0.39, 0.29) is 23.6 Å². The van der Waals surface area contributed by atoms with Crippen LogP contribution in [0.2, 0.25) is 0 Å². The Morgan fingerprint density at radius 2 is 1.75 bits per heavy atom. The molecule has 1 rings (SSSR count). The lowest BCUT2D eigenvalue weighted by Gasteiger charge is -2.27. The monoisotopic (exact) mass is 388 g/mol. The molecule has 0 bridgehead atoms. The van der Waals surface area contributed by atoms with E-state index in [1.54, 1.807) is 31.2 Å². The van der Waals surface area contributed by atoms with E-state index in [1.165, 1.54) is 0 Å². The van der Waals surface area contributed by atoms with Crippen molar-refractivity contribution in [1.29, 1.82) is 5.26 Å². The molecule has 3 N–H and O–H groups in total. The summed E-state index contributed by atoms with van der Waals surface area (Å²) >= 11 is 0. The average Bonchev–Trinajstić information content (AvgIpc) is 2.64. The molecule has 3 amide bonds. The standard InChI is InChI=1S/C20H28N4O4/c1-13(2)20(5,12-21)24-17(25)11-28-18(26)16-8-6-15(7-9-16)10-22-19(27)23-14(3)4/h6-9,13-14H,10-11H2,1-5H3,(H,24,25)(H2,22,23,27)/t20-/m1/s1. The molecule has 28 heavy (non-hydrogen) atoms. The highest BCUT2D eigenvalue weighted by Gasteiger charge is 2.30. The fourth-order valence-corrected chi connectivity index (χ4v) is 2.10. The minimum absolute atomic E-state index is 0.0425. The zero-order valence-electron chi connectivity index (χ0n) is 17.0. The maximum absolute atomic E-state index is 12.1. The summed E-state index contributed by atoms with van der Waals surface area (Å²) in [6.07, 6.45) is 0. The quantitative estimate of drug-likeness (QED) is 0.589. The molecule has 0 saturated heterocycles. The van der Waals surface area contributed by atoms with Gasteiger partial charge in [-0.1, -0.05) is 26.0 Å². The fourth-order valence-electron chi connectivity index (χ4n) is 2.10. The second-order valence-electron chi connectivity index (χ2n) is 7.27. The number of carbonyl (C=O) groups excluding carboxylic acids is 3. The van der Waals surface area contributed by atoms with Gasteiger partial charge < -0.3 is 20.7 Å². The van der Waals surface area contributed by atoms with Gasteiger partial charge in [-0.05, 0) is 44.4 Å². The van der Waals surface area contributed by atoms with Crippen LogP contribution in [0.3, 0.4) is 0 Å². The Bertz CT molecular complexity index is 738. The molecule has 1 aromatic rings. The smallest absolute Gasteiger partial charge is 0.338 e. The van der Waals surface area contributed by atoms with Crippen molar-refractivity contribution in [3.05, 3.63) is 35.4 Å². The number of carbonyl (C=O) groups is 3. The third-order valence-corrected chi connectivity index (χ3v) is 4.18. The normalized spacial score (nSPS) is 12.6. The van der Waals surface area contributed by atoms with Crippen LogP contribution in [-0.2, 0) is 16.1 Å². The second kappa shape index (κ2) is 10.3. The molecule has 1 atom stereocenters. The van der Waals surface area contributed by atoms with Gasteiger partial charge in [0.1, 0.15) is 5.54 Å². The first-order chi connectivity index (χ1) is 13.1. The number of benzene rings is 1. The number of esters is 1. The molecule has 0 radical (unpaired) electrons. The lowest BCUT2D eigenvalue weighted by molar-refractivity contribution is -0.125. The van der Waals surface area contributed by atoms with Crippen LogP contribution in [0, 0.1) is 17.2 Å². The second-order valence-corrected chi connectivity index (χ2v) is 7.27. The number of ether oxygens (including phenoxy) is 1. The van der Waals surface area contributed by atoms with E-state index in [0.717, 1.165) is 5.56 Å². The molecule has 0 unspecified atom stereocenters. The van der Waals surface area contributed by atoms with Gasteiger partial charge in [0, 0.05) is 12.6 Å². The Balaban J connectivity index is 2.52. The van der Waals surface area contributed by atoms with Gasteiger partial charge in [0.25, 0.3) is 5.91 Å². The van der Waals surface area contributed by atoms with Crippen molar-refractivity contribution in [1.82, 2.24) is 16.0 Å². The van der Waals surface area contributed by atoms with E-state index in [2.05, 4.69) is 22.0 Å². The fraction of sp³-hybridized carbons (Fsp3) is 0.500. The van der Waals surface area contributed by atoms with Crippen LogP contribution in [0.1, 0.15) is 50.5 Å². The van der Waals surface area contributed by atoms with E-state index in [1.807, 2.05) is 27.7 Å². The predicted molar refractivity (Wildman–Crippen MR) is 104 cm³/mol. The molecule has 0 aliphatic carbocycles. The SMILES string of the molecule is CC(C)NC(=O)NCc1ccc(C(=O)OCC(=O)N[C@](C)(C#N)C(C)C)cc1. The third kappa shape index (κ3) is 7.27. The highest BCUT2D eigenvalue weighted by molar-refractivity contribution is 5.91. The van der Waals surface area contributed by atoms with E-state index in [9.17, 15) is 19.6 Å². The third-order valence-electron chi connectivity index (χ3n) is 4.18. The van der Waals surface area contributed by atoms with Crippen LogP contribution in [-0.4, -0.2) is 36.1 Å². The van der Waals surface area contributed by atoms with Crippen LogP contribution in [0.15, 0.2) is 24.3 Å². The number of nitrogens with zero attached hydrogens (tertiary/aromatic N) is 1. The van der Waals surface area contributed by atoms with Gasteiger partial charge in [-0.15, -0.1) is 0 Å². The van der Waals surface area contributed by atoms with Crippen molar-refractivity contribution in [2.45, 2.75) is 52.7 Å². The number of nitrogens with one attached hydrogen (secondary N) is 3. The number of nitriles is 1. The molecular weight excluding hydrogens is 360 g/mol. The summed E-state index contributed by atoms with van der Waals surface area (Å²) in [5, 5.41) is 17.2. The van der Waals surface area contributed by atoms with Crippen LogP contribution in [0.5, 0.6) is 0 Å². The number of hydrogen-bond donors (Lipinski definition) is 3. The van der Waals surface area contributed by atoms with Crippen LogP contribution < -0.4 is 16.0 Å². The highest BCUT2D eigenvalue weighted by Crippen LogP contribution is 2.15. The van der Waals surface area contributed by atoms with E-state index in [0.29, 0.717) is 6.54 Å². The largest absolute Gasteiger partial charge is 0.452 e. The van der Waals surface area contributed by atoms with Crippen molar-refractivity contribution in [2.24, 2.45) is 5.92 Å². The molecule has 1 aromatic carbocycles. The van der Waals surface area contributed by atoms with Gasteiger partial charge in [0.15, 0.2) is 6.61 Å². The van der Waals surface area contributed by atoms with Gasteiger partial charge in [-0.2, -0.15) is 5.26 Å². The predicted octanol–water partition coefficient (Wildman–Crippen LogP) is 2.11. The van der Waals surface area contributed by atoms with Crippen molar-refractivity contribution in [2.75, 3.05) is 6.61 Å². The molecule has 0 aliphatic rings. The topological polar surface area (TPSA) is 120 Å². The molecule has 0 spiro atoms. The summed E-state index contributed by atoms with van der Waals surface area (Å²) in [6, 6.07) is 8.34. The van der Waals surface area contributed by atoms with Gasteiger partial charge in [0.2, 0.25) is 0 Å². The first-order valence-electron chi connectivity index (χ1n) is 9.10. The molecule has 0 fully saturated rings. The zero-order valence-corrected chi connectivity index (χ0v) is 17.0. The number of amides is 3. The lowest BCUT2D eigenvalue weighted by atomic mass is 9.90. The van der Waals surface area contributed by atoms with Crippen molar-refractivity contribution >= 4 is 17.9 Å². The summed E-state index contributed by atoms with van der Waals surface area (Å²) in [4.78, 5) is 35.6. The van der Waals surface area contributed by atoms with Gasteiger partial charge in [-0.25, -0.2) is 9.59 Å². The van der Waals surface area contributed by atoms with Crippen molar-refractivity contribution < 1.29 is 19.1 Å². The van der Waals surface area contributed by atoms with Gasteiger partial charge in [0.05, 0.1) is 11.6 Å². The molecule has 0 aliphatic heterocycles. The van der Waals surface area contributed by atoms with E-state index >= 15 is 0 Å². The van der Waals surface area contributed by atoms with Crippen molar-refractivity contribution in [3.8, 4) is 6.07 Å². The van der Waals surface area contributed by atoms with Gasteiger partial charge in [-0.3, -0.25) is 4.79 Å². The Morgan fingerprint density at radius 3 is 2.25 bits per heavy atom. The summed E-state index contributed by atoms with van der Waals surface area (Å²) in [6.45, 7) is 8.83. The minimum atomic E-state index is -1.03. The van der Waals surface area contributed by atoms with E-state index < -0.39 is 24.0 Å². The average molecular weight is 388 g/mol. The zero-order chi connectivity index (χ0) is 21.3. The molecular formula is C20H28N4O4. The highest BCUT2D eigenvalue weighted by atomic mass is 16.5. The molecule has 0 heterocycles. The maximum atomic E-state index is 12.1. The number of urea groups is 1. The molecule has 0 aromatic heterocycles.